The molecule has 2 atom stereocenters. The average Bonchev–Trinajstić information content (AvgIpc) is 3.03. The highest BCUT2D eigenvalue weighted by molar-refractivity contribution is 5.90. The van der Waals surface area contributed by atoms with Crippen LogP contribution in [-0.4, -0.2) is 58.9 Å². The molecule has 1 aromatic carbocycles. The van der Waals surface area contributed by atoms with E-state index in [-0.39, 0.29) is 30.5 Å². The van der Waals surface area contributed by atoms with Gasteiger partial charge >= 0.3 is 30.6 Å². The number of carboxylic acid groups (broad SMARTS) is 1. The highest BCUT2D eigenvalue weighted by Gasteiger charge is 2.44. The molecule has 278 valence electrons. The molecule has 0 fully saturated rings. The van der Waals surface area contributed by atoms with E-state index in [0.29, 0.717) is 23.9 Å². The summed E-state index contributed by atoms with van der Waals surface area (Å²) in [7, 11) is 3.29. The van der Waals surface area contributed by atoms with Crippen LogP contribution in [0.25, 0.3) is 0 Å². The van der Waals surface area contributed by atoms with E-state index in [1.165, 1.54) is 26.2 Å². The van der Waals surface area contributed by atoms with Crippen molar-refractivity contribution in [3.63, 3.8) is 0 Å². The number of hydrogen-bond donors (Lipinski definition) is 1. The third kappa shape index (κ3) is 8.73. The molecule has 1 aliphatic rings. The van der Waals surface area contributed by atoms with Crippen LogP contribution in [0.3, 0.4) is 0 Å². The zero-order valence-corrected chi connectivity index (χ0v) is 27.8. The number of aliphatic carboxylic acids is 1. The second kappa shape index (κ2) is 14.1. The number of hydrogen-bond acceptors (Lipinski definition) is 8. The predicted molar refractivity (Wildman–Crippen MR) is 165 cm³/mol. The number of halogens is 9. The highest BCUT2D eigenvalue weighted by Crippen LogP contribution is 2.45. The summed E-state index contributed by atoms with van der Waals surface area (Å²) in [5.41, 5.74) is -6.86. The van der Waals surface area contributed by atoms with Gasteiger partial charge in [0.15, 0.2) is 0 Å². The lowest BCUT2D eigenvalue weighted by atomic mass is 9.91. The monoisotopic (exact) mass is 736 g/mol. The van der Waals surface area contributed by atoms with Gasteiger partial charge in [0.25, 0.3) is 0 Å². The fourth-order valence-electron chi connectivity index (χ4n) is 5.31. The summed E-state index contributed by atoms with van der Waals surface area (Å²) in [5.74, 6) is -1.56. The minimum Gasteiger partial charge on any atom is -0.481 e. The van der Waals surface area contributed by atoms with Gasteiger partial charge in [0.05, 0.1) is 52.0 Å². The molecule has 4 rings (SSSR count). The van der Waals surface area contributed by atoms with Gasteiger partial charge < -0.3 is 19.6 Å². The Balaban J connectivity index is 1.94. The Morgan fingerprint density at radius 2 is 1.49 bits per heavy atom. The lowest BCUT2D eigenvalue weighted by Crippen LogP contribution is -2.49. The largest absolute Gasteiger partial charge is 0.481 e. The van der Waals surface area contributed by atoms with Crippen molar-refractivity contribution in [2.75, 3.05) is 35.4 Å². The summed E-state index contributed by atoms with van der Waals surface area (Å²) in [6, 6.07) is 0.244. The van der Waals surface area contributed by atoms with Crippen molar-refractivity contribution in [1.82, 2.24) is 15.0 Å². The van der Waals surface area contributed by atoms with Crippen LogP contribution in [0.4, 0.5) is 61.6 Å². The van der Waals surface area contributed by atoms with Crippen molar-refractivity contribution in [1.29, 1.82) is 0 Å². The van der Waals surface area contributed by atoms with E-state index in [0.717, 1.165) is 15.9 Å². The smallest absolute Gasteiger partial charge is 0.433 e. The van der Waals surface area contributed by atoms with Gasteiger partial charge in [-0.1, -0.05) is 6.92 Å². The lowest BCUT2D eigenvalue weighted by molar-refractivity contribution is -0.149. The average molecular weight is 737 g/mol. The SMILES string of the molecule is CC[C@@H]1C[C@@H](N(Cc2cc(C(F)(F)F)cc(C(F)(F)F)c2)c2ncc(N(C)C)cn2)c2nc(C(F)(F)F)ccc2N1C(=O)OCC(C)(C)C(=O)O. The number of fused-ring (bicyclic) bond motifs is 1. The standard InChI is InChI=1S/C32H33F9N6O4/c1-6-20-12-23(25-22(7-8-24(44-25)32(39,40)41)47(20)28(50)51-16-29(2,3)26(48)49)46(27-42-13-21(14-43-27)45(4)5)15-17-9-18(30(33,34)35)11-19(10-17)31(36,37)38/h7-11,13-14,20,23H,6,12,15-16H2,1-5H3,(H,48,49)/t20-,23-/m1/s1. The number of ether oxygens (including phenoxy) is 1. The first-order valence-corrected chi connectivity index (χ1v) is 15.3. The van der Waals surface area contributed by atoms with Crippen LogP contribution < -0.4 is 14.7 Å². The molecule has 51 heavy (non-hydrogen) atoms. The van der Waals surface area contributed by atoms with Crippen molar-refractivity contribution in [2.24, 2.45) is 5.41 Å². The minimum atomic E-state index is -5.19. The summed E-state index contributed by atoms with van der Waals surface area (Å²) in [4.78, 5) is 41.2. The third-order valence-electron chi connectivity index (χ3n) is 8.21. The molecule has 0 saturated carbocycles. The Morgan fingerprint density at radius 1 is 0.922 bits per heavy atom. The second-order valence-corrected chi connectivity index (χ2v) is 12.7. The summed E-state index contributed by atoms with van der Waals surface area (Å²) < 4.78 is 130. The fraction of sp³-hybridized carbons (Fsp3) is 0.469. The van der Waals surface area contributed by atoms with Crippen LogP contribution in [0.15, 0.2) is 42.7 Å². The number of carboxylic acids is 1. The summed E-state index contributed by atoms with van der Waals surface area (Å²) >= 11 is 0. The summed E-state index contributed by atoms with van der Waals surface area (Å²) in [6.07, 6.45) is -14.0. The number of amides is 1. The number of nitrogens with zero attached hydrogens (tertiary/aromatic N) is 6. The zero-order chi connectivity index (χ0) is 38.3. The van der Waals surface area contributed by atoms with Crippen LogP contribution in [0.2, 0.25) is 0 Å². The molecule has 0 spiro atoms. The van der Waals surface area contributed by atoms with Crippen molar-refractivity contribution in [2.45, 2.75) is 70.8 Å². The van der Waals surface area contributed by atoms with Gasteiger partial charge in [-0.25, -0.2) is 19.7 Å². The van der Waals surface area contributed by atoms with Crippen LogP contribution >= 0.6 is 0 Å². The van der Waals surface area contributed by atoms with Gasteiger partial charge in [-0.3, -0.25) is 9.69 Å². The predicted octanol–water partition coefficient (Wildman–Crippen LogP) is 7.98. The highest BCUT2D eigenvalue weighted by atomic mass is 19.4. The number of benzene rings is 1. The van der Waals surface area contributed by atoms with Crippen LogP contribution in [0.5, 0.6) is 0 Å². The van der Waals surface area contributed by atoms with Crippen LogP contribution in [0.1, 0.15) is 67.7 Å². The molecule has 3 heterocycles. The van der Waals surface area contributed by atoms with Gasteiger partial charge in [0.2, 0.25) is 5.95 Å². The van der Waals surface area contributed by atoms with E-state index >= 15 is 0 Å². The van der Waals surface area contributed by atoms with E-state index in [1.54, 1.807) is 25.9 Å². The molecule has 2 aromatic heterocycles. The third-order valence-corrected chi connectivity index (χ3v) is 8.21. The van der Waals surface area contributed by atoms with Crippen molar-refractivity contribution >= 4 is 29.4 Å². The molecule has 19 heteroatoms. The molecular formula is C32H33F9N6O4. The lowest BCUT2D eigenvalue weighted by Gasteiger charge is -2.43. The summed E-state index contributed by atoms with van der Waals surface area (Å²) in [5, 5.41) is 9.46. The van der Waals surface area contributed by atoms with Crippen LogP contribution in [-0.2, 0) is 34.6 Å². The molecule has 1 amide bonds. The fourth-order valence-corrected chi connectivity index (χ4v) is 5.31. The maximum Gasteiger partial charge on any atom is 0.433 e. The summed E-state index contributed by atoms with van der Waals surface area (Å²) in [6.45, 7) is 2.82. The molecular weight excluding hydrogens is 703 g/mol. The Hall–Kier alpha value is -4.84. The van der Waals surface area contributed by atoms with Crippen molar-refractivity contribution < 1.29 is 58.9 Å². The van der Waals surface area contributed by atoms with Crippen molar-refractivity contribution in [3.05, 3.63) is 70.8 Å². The van der Waals surface area contributed by atoms with Crippen LogP contribution in [0, 0.1) is 5.41 Å². The van der Waals surface area contributed by atoms with E-state index in [2.05, 4.69) is 15.0 Å². The topological polar surface area (TPSA) is 112 Å². The molecule has 0 aliphatic carbocycles. The zero-order valence-electron chi connectivity index (χ0n) is 27.8. The Bertz CT molecular complexity index is 1710. The number of anilines is 3. The molecule has 1 aliphatic heterocycles. The Morgan fingerprint density at radius 3 is 1.96 bits per heavy atom. The van der Waals surface area contributed by atoms with Crippen molar-refractivity contribution in [3.8, 4) is 0 Å². The minimum absolute atomic E-state index is 0.0501. The van der Waals surface area contributed by atoms with Gasteiger partial charge in [0, 0.05) is 26.7 Å². The van der Waals surface area contributed by atoms with E-state index in [1.807, 2.05) is 0 Å². The number of aromatic nitrogens is 3. The number of alkyl halides is 9. The van der Waals surface area contributed by atoms with Gasteiger partial charge in [0.1, 0.15) is 12.3 Å². The first-order valence-electron chi connectivity index (χ1n) is 15.3. The molecule has 10 nitrogen and oxygen atoms in total. The number of carbonyl (C=O) groups excluding carboxylic acids is 1. The maximum atomic E-state index is 14.0. The van der Waals surface area contributed by atoms with Gasteiger partial charge in [-0.15, -0.1) is 0 Å². The van der Waals surface area contributed by atoms with E-state index in [9.17, 15) is 54.2 Å². The van der Waals surface area contributed by atoms with Gasteiger partial charge in [-0.05, 0) is 62.6 Å². The Kier molecular flexibility index (Phi) is 10.7. The normalized spacial score (nSPS) is 16.8. The second-order valence-electron chi connectivity index (χ2n) is 12.7. The molecule has 0 bridgehead atoms. The van der Waals surface area contributed by atoms with Gasteiger partial charge in [-0.2, -0.15) is 39.5 Å². The molecule has 3 aromatic rings. The first kappa shape index (κ1) is 39.0. The Labute approximate surface area is 285 Å². The quantitative estimate of drug-likeness (QED) is 0.219. The molecule has 0 saturated heterocycles. The first-order chi connectivity index (χ1) is 23.4. The maximum absolute atomic E-state index is 14.0. The number of rotatable bonds is 9. The number of carbonyl (C=O) groups is 2. The molecule has 0 unspecified atom stereocenters. The van der Waals surface area contributed by atoms with E-state index in [4.69, 9.17) is 4.74 Å². The molecule has 0 radical (unpaired) electrons. The van der Waals surface area contributed by atoms with E-state index < -0.39 is 89.3 Å². The number of pyridine rings is 1. The molecule has 1 N–H and O–H groups in total.